The van der Waals surface area contributed by atoms with Crippen LogP contribution in [0.25, 0.3) is 32.7 Å². The highest BCUT2D eigenvalue weighted by molar-refractivity contribution is 7.99. The quantitative estimate of drug-likeness (QED) is 0.352. The smallest absolute Gasteiger partial charge is 0.165 e. The third-order valence-electron chi connectivity index (χ3n) is 4.95. The first-order chi connectivity index (χ1) is 14.8. The van der Waals surface area contributed by atoms with Crippen molar-refractivity contribution < 1.29 is 4.74 Å². The van der Waals surface area contributed by atoms with E-state index >= 15 is 0 Å². The summed E-state index contributed by atoms with van der Waals surface area (Å²) in [5.74, 6) is 2.18. The van der Waals surface area contributed by atoms with Crippen LogP contribution in [0, 0.1) is 0 Å². The topological polar surface area (TPSA) is 73.9 Å². The van der Waals surface area contributed by atoms with Gasteiger partial charge in [-0.3, -0.25) is 0 Å². The lowest BCUT2D eigenvalue weighted by Crippen LogP contribution is -1.99. The second-order valence-electron chi connectivity index (χ2n) is 6.80. The first-order valence-electron chi connectivity index (χ1n) is 9.30. The molecule has 7 heteroatoms. The lowest BCUT2D eigenvalue weighted by Gasteiger charge is -2.20. The highest BCUT2D eigenvalue weighted by atomic mass is 32.2. The van der Waals surface area contributed by atoms with Gasteiger partial charge in [-0.2, -0.15) is 0 Å². The number of nitrogens with two attached hydrogens (primary N) is 1. The number of nitrogen functional groups attached to an aromatic ring is 1. The number of pyridine rings is 1. The molecule has 0 fully saturated rings. The van der Waals surface area contributed by atoms with Gasteiger partial charge in [0.05, 0.1) is 20.9 Å². The lowest BCUT2D eigenvalue weighted by molar-refractivity contribution is 0.454. The number of anilines is 1. The zero-order chi connectivity index (χ0) is 20.1. The van der Waals surface area contributed by atoms with Crippen molar-refractivity contribution in [1.29, 1.82) is 0 Å². The van der Waals surface area contributed by atoms with Crippen LogP contribution in [0.15, 0.2) is 82.2 Å². The van der Waals surface area contributed by atoms with Crippen LogP contribution < -0.4 is 10.5 Å². The average molecular weight is 427 g/mol. The van der Waals surface area contributed by atoms with Gasteiger partial charge in [-0.1, -0.05) is 30.0 Å². The van der Waals surface area contributed by atoms with Crippen molar-refractivity contribution in [3.63, 3.8) is 0 Å². The molecule has 0 bridgehead atoms. The van der Waals surface area contributed by atoms with E-state index < -0.39 is 0 Å². The van der Waals surface area contributed by atoms with Gasteiger partial charge in [0.1, 0.15) is 23.6 Å². The maximum Gasteiger partial charge on any atom is 0.165 e. The molecule has 0 atom stereocenters. The number of para-hydroxylation sites is 1. The Hall–Kier alpha value is -3.42. The molecule has 0 aliphatic carbocycles. The average Bonchev–Trinajstić information content (AvgIpc) is 3.31. The predicted octanol–water partition coefficient (Wildman–Crippen LogP) is 6.26. The van der Waals surface area contributed by atoms with Gasteiger partial charge in [0, 0.05) is 16.0 Å². The zero-order valence-electron chi connectivity index (χ0n) is 15.6. The van der Waals surface area contributed by atoms with Crippen LogP contribution >= 0.6 is 23.1 Å². The molecule has 1 aliphatic rings. The third-order valence-corrected chi connectivity index (χ3v) is 6.95. The number of benzene rings is 2. The van der Waals surface area contributed by atoms with Crippen molar-refractivity contribution in [2.75, 3.05) is 5.73 Å². The van der Waals surface area contributed by atoms with E-state index in [4.69, 9.17) is 15.5 Å². The Labute approximate surface area is 180 Å². The van der Waals surface area contributed by atoms with Crippen LogP contribution in [-0.2, 0) is 0 Å². The van der Waals surface area contributed by atoms with E-state index in [2.05, 4.69) is 34.2 Å². The number of fused-ring (bicyclic) bond motifs is 3. The SMILES string of the molecule is Nc1ncnc2nc(-c3ccc4c(c3)Sc3ccccc3O4)cc(-c3cccs3)c12. The molecule has 6 rings (SSSR count). The molecule has 0 amide bonds. The van der Waals surface area contributed by atoms with E-state index in [0.717, 1.165) is 48.4 Å². The van der Waals surface area contributed by atoms with Crippen molar-refractivity contribution in [3.8, 4) is 33.2 Å². The Balaban J connectivity index is 1.52. The van der Waals surface area contributed by atoms with Crippen molar-refractivity contribution >= 4 is 39.9 Å². The molecule has 5 nitrogen and oxygen atoms in total. The maximum absolute atomic E-state index is 6.18. The van der Waals surface area contributed by atoms with Crippen LogP contribution in [-0.4, -0.2) is 15.0 Å². The van der Waals surface area contributed by atoms with Crippen LogP contribution in [0.2, 0.25) is 0 Å². The van der Waals surface area contributed by atoms with Crippen molar-refractivity contribution in [3.05, 3.63) is 72.4 Å². The molecule has 0 unspecified atom stereocenters. The molecule has 0 spiro atoms. The lowest BCUT2D eigenvalue weighted by atomic mass is 10.0. The standard InChI is InChI=1S/C23H14N4OS2/c24-22-21-14(18-6-3-9-29-18)11-15(27-23(21)26-12-25-22)13-7-8-17-20(10-13)30-19-5-2-1-4-16(19)28-17/h1-12H,(H2,24,25,26,27). The molecular formula is C23H14N4OS2. The summed E-state index contributed by atoms with van der Waals surface area (Å²) in [6.45, 7) is 0. The maximum atomic E-state index is 6.18. The highest BCUT2D eigenvalue weighted by Crippen LogP contribution is 2.48. The monoisotopic (exact) mass is 426 g/mol. The molecular weight excluding hydrogens is 412 g/mol. The number of nitrogens with zero attached hydrogens (tertiary/aromatic N) is 3. The van der Waals surface area contributed by atoms with Gasteiger partial charge in [-0.15, -0.1) is 11.3 Å². The second kappa shape index (κ2) is 6.83. The van der Waals surface area contributed by atoms with Crippen LogP contribution in [0.3, 0.4) is 0 Å². The molecule has 30 heavy (non-hydrogen) atoms. The highest BCUT2D eigenvalue weighted by Gasteiger charge is 2.19. The Kier molecular flexibility index (Phi) is 3.97. The van der Waals surface area contributed by atoms with E-state index in [1.165, 1.54) is 6.33 Å². The molecule has 0 saturated carbocycles. The van der Waals surface area contributed by atoms with Gasteiger partial charge < -0.3 is 10.5 Å². The number of aromatic nitrogens is 3. The largest absolute Gasteiger partial charge is 0.455 e. The molecule has 5 aromatic rings. The zero-order valence-corrected chi connectivity index (χ0v) is 17.2. The number of thiophene rings is 1. The van der Waals surface area contributed by atoms with Crippen molar-refractivity contribution in [2.45, 2.75) is 9.79 Å². The van der Waals surface area contributed by atoms with Gasteiger partial charge in [0.25, 0.3) is 0 Å². The van der Waals surface area contributed by atoms with Gasteiger partial charge in [-0.05, 0) is 47.8 Å². The summed E-state index contributed by atoms with van der Waals surface area (Å²) in [7, 11) is 0. The predicted molar refractivity (Wildman–Crippen MR) is 121 cm³/mol. The minimum atomic E-state index is 0.438. The molecule has 144 valence electrons. The summed E-state index contributed by atoms with van der Waals surface area (Å²) in [5, 5.41) is 2.83. The molecule has 0 radical (unpaired) electrons. The summed E-state index contributed by atoms with van der Waals surface area (Å²) in [4.78, 5) is 16.6. The summed E-state index contributed by atoms with van der Waals surface area (Å²) < 4.78 is 6.06. The summed E-state index contributed by atoms with van der Waals surface area (Å²) >= 11 is 3.36. The molecule has 2 aromatic carbocycles. The summed E-state index contributed by atoms with van der Waals surface area (Å²) in [6.07, 6.45) is 1.46. The molecule has 4 heterocycles. The van der Waals surface area contributed by atoms with Gasteiger partial charge in [0.15, 0.2) is 5.65 Å². The fourth-order valence-corrected chi connectivity index (χ4v) is 5.29. The number of ether oxygens (including phenoxy) is 1. The number of hydrogen-bond acceptors (Lipinski definition) is 7. The molecule has 3 aromatic heterocycles. The van der Waals surface area contributed by atoms with E-state index in [9.17, 15) is 0 Å². The first kappa shape index (κ1) is 17.4. The summed E-state index contributed by atoms with van der Waals surface area (Å²) in [5.41, 5.74) is 9.61. The Morgan fingerprint density at radius 1 is 0.867 bits per heavy atom. The Morgan fingerprint density at radius 3 is 2.67 bits per heavy atom. The van der Waals surface area contributed by atoms with Gasteiger partial charge in [-0.25, -0.2) is 15.0 Å². The van der Waals surface area contributed by atoms with Gasteiger partial charge in [0.2, 0.25) is 0 Å². The minimum absolute atomic E-state index is 0.438. The Bertz CT molecular complexity index is 1420. The second-order valence-corrected chi connectivity index (χ2v) is 8.83. The van der Waals surface area contributed by atoms with Crippen LogP contribution in [0.4, 0.5) is 5.82 Å². The van der Waals surface area contributed by atoms with E-state index in [0.29, 0.717) is 11.5 Å². The fourth-order valence-electron chi connectivity index (χ4n) is 3.55. The molecule has 1 aliphatic heterocycles. The minimum Gasteiger partial charge on any atom is -0.455 e. The molecule has 2 N–H and O–H groups in total. The number of rotatable bonds is 2. The van der Waals surface area contributed by atoms with E-state index in [1.54, 1.807) is 23.1 Å². The van der Waals surface area contributed by atoms with Crippen LogP contribution in [0.1, 0.15) is 0 Å². The van der Waals surface area contributed by atoms with E-state index in [-0.39, 0.29) is 0 Å². The fraction of sp³-hybridized carbons (Fsp3) is 0. The van der Waals surface area contributed by atoms with Crippen molar-refractivity contribution in [2.24, 2.45) is 0 Å². The summed E-state index contributed by atoms with van der Waals surface area (Å²) in [6, 6.07) is 20.4. The van der Waals surface area contributed by atoms with Crippen molar-refractivity contribution in [1.82, 2.24) is 15.0 Å². The Morgan fingerprint density at radius 2 is 1.77 bits per heavy atom. The molecule has 0 saturated heterocycles. The van der Waals surface area contributed by atoms with E-state index in [1.807, 2.05) is 41.8 Å². The normalized spacial score (nSPS) is 12.3. The number of hydrogen-bond donors (Lipinski definition) is 1. The van der Waals surface area contributed by atoms with Gasteiger partial charge >= 0.3 is 0 Å². The first-order valence-corrected chi connectivity index (χ1v) is 11.0. The third kappa shape index (κ3) is 2.82. The van der Waals surface area contributed by atoms with Crippen LogP contribution in [0.5, 0.6) is 11.5 Å².